The summed E-state index contributed by atoms with van der Waals surface area (Å²) in [6, 6.07) is 13.0. The van der Waals surface area contributed by atoms with E-state index in [9.17, 15) is 4.79 Å². The molecule has 2 aromatic carbocycles. The first-order valence-corrected chi connectivity index (χ1v) is 7.84. The molecule has 1 amide bonds. The third-order valence-corrected chi connectivity index (χ3v) is 4.18. The second kappa shape index (κ2) is 6.82. The predicted molar refractivity (Wildman–Crippen MR) is 95.4 cm³/mol. The molecule has 3 N–H and O–H groups in total. The van der Waals surface area contributed by atoms with Crippen molar-refractivity contribution in [1.29, 1.82) is 0 Å². The van der Waals surface area contributed by atoms with Gasteiger partial charge in [-0.25, -0.2) is 0 Å². The molecule has 6 nitrogen and oxygen atoms in total. The van der Waals surface area contributed by atoms with Crippen molar-refractivity contribution in [2.45, 2.75) is 25.0 Å². The quantitative estimate of drug-likeness (QED) is 0.854. The van der Waals surface area contributed by atoms with E-state index in [1.807, 2.05) is 36.4 Å². The van der Waals surface area contributed by atoms with E-state index in [1.165, 1.54) is 0 Å². The van der Waals surface area contributed by atoms with Crippen molar-refractivity contribution in [3.05, 3.63) is 48.0 Å². The molecule has 0 aromatic heterocycles. The first-order valence-electron chi connectivity index (χ1n) is 7.84. The fraction of sp³-hybridized carbons (Fsp3) is 0.278. The third kappa shape index (κ3) is 3.81. The molecule has 25 heavy (non-hydrogen) atoms. The van der Waals surface area contributed by atoms with Gasteiger partial charge >= 0.3 is 0 Å². The van der Waals surface area contributed by atoms with Crippen LogP contribution in [0.5, 0.6) is 17.2 Å². The fourth-order valence-corrected chi connectivity index (χ4v) is 2.49. The van der Waals surface area contributed by atoms with Crippen molar-refractivity contribution in [1.82, 2.24) is 0 Å². The number of anilines is 1. The van der Waals surface area contributed by atoms with Gasteiger partial charge in [0.15, 0.2) is 11.5 Å². The first kappa shape index (κ1) is 17.4. The molecule has 1 aliphatic heterocycles. The van der Waals surface area contributed by atoms with Gasteiger partial charge in [0.2, 0.25) is 12.7 Å². The fourth-order valence-electron chi connectivity index (χ4n) is 2.49. The van der Waals surface area contributed by atoms with Crippen molar-refractivity contribution in [3.8, 4) is 17.2 Å². The normalized spacial score (nSPS) is 15.9. The summed E-state index contributed by atoms with van der Waals surface area (Å²) in [5.74, 6) is 1.98. The van der Waals surface area contributed by atoms with E-state index in [1.54, 1.807) is 6.07 Å². The van der Waals surface area contributed by atoms with Gasteiger partial charge in [-0.2, -0.15) is 0 Å². The van der Waals surface area contributed by atoms with Gasteiger partial charge in [-0.05, 0) is 42.7 Å². The van der Waals surface area contributed by atoms with Gasteiger partial charge in [-0.3, -0.25) is 4.79 Å². The lowest BCUT2D eigenvalue weighted by molar-refractivity contribution is -0.118. The maximum atomic E-state index is 12.0. The molecule has 2 aromatic rings. The number of nitrogens with one attached hydrogen (secondary N) is 1. The molecule has 0 atom stereocenters. The van der Waals surface area contributed by atoms with Crippen LogP contribution >= 0.6 is 12.4 Å². The lowest BCUT2D eigenvalue weighted by Crippen LogP contribution is -2.37. The van der Waals surface area contributed by atoms with Crippen molar-refractivity contribution in [2.75, 3.05) is 12.1 Å². The Morgan fingerprint density at radius 1 is 1.16 bits per heavy atom. The second-order valence-corrected chi connectivity index (χ2v) is 6.11. The smallest absolute Gasteiger partial charge is 0.244 e. The van der Waals surface area contributed by atoms with E-state index in [4.69, 9.17) is 19.9 Å². The summed E-state index contributed by atoms with van der Waals surface area (Å²) in [5, 5.41) is 2.86. The van der Waals surface area contributed by atoms with Crippen LogP contribution in [0.2, 0.25) is 0 Å². The minimum atomic E-state index is -0.682. The Morgan fingerprint density at radius 2 is 1.96 bits per heavy atom. The number of benzene rings is 2. The van der Waals surface area contributed by atoms with Gasteiger partial charge in [0, 0.05) is 11.8 Å². The maximum Gasteiger partial charge on any atom is 0.244 e. The van der Waals surface area contributed by atoms with Crippen molar-refractivity contribution >= 4 is 24.0 Å². The Balaban J connectivity index is 0.00000182. The van der Waals surface area contributed by atoms with Crippen LogP contribution in [0.25, 0.3) is 0 Å². The molecule has 1 saturated carbocycles. The van der Waals surface area contributed by atoms with Crippen LogP contribution < -0.4 is 25.3 Å². The van der Waals surface area contributed by atoms with Crippen LogP contribution in [0.3, 0.4) is 0 Å². The Bertz CT molecular complexity index is 792. The van der Waals surface area contributed by atoms with Crippen LogP contribution in [0, 0.1) is 0 Å². The lowest BCUT2D eigenvalue weighted by atomic mass is 10.2. The molecule has 0 unspecified atom stereocenters. The topological polar surface area (TPSA) is 82.8 Å². The molecular formula is C18H19ClN2O4. The zero-order chi connectivity index (χ0) is 16.6. The zero-order valence-corrected chi connectivity index (χ0v) is 14.3. The summed E-state index contributed by atoms with van der Waals surface area (Å²) < 4.78 is 16.4. The predicted octanol–water partition coefficient (Wildman–Crippen LogP) is 2.85. The number of hydrogen-bond acceptors (Lipinski definition) is 5. The minimum Gasteiger partial charge on any atom is -0.489 e. The molecule has 0 saturated heterocycles. The number of hydrogen-bond donors (Lipinski definition) is 2. The van der Waals surface area contributed by atoms with Crippen molar-refractivity contribution in [3.63, 3.8) is 0 Å². The molecule has 1 aliphatic carbocycles. The number of carbonyl (C=O) groups is 1. The van der Waals surface area contributed by atoms with Crippen molar-refractivity contribution < 1.29 is 19.0 Å². The number of ether oxygens (including phenoxy) is 3. The Kier molecular flexibility index (Phi) is 4.74. The molecule has 0 radical (unpaired) electrons. The lowest BCUT2D eigenvalue weighted by Gasteiger charge is -2.12. The Morgan fingerprint density at radius 3 is 2.76 bits per heavy atom. The number of amides is 1. The first-order chi connectivity index (χ1) is 11.6. The standard InChI is InChI=1S/C18H18N2O4.ClH/c19-18(6-7-18)17(21)20-13-3-1-2-12(8-13)10-22-14-4-5-15-16(9-14)24-11-23-15;/h1-5,8-9H,6-7,10-11,19H2,(H,20,21);1H. The van der Waals surface area contributed by atoms with Crippen LogP contribution in [-0.2, 0) is 11.4 Å². The van der Waals surface area contributed by atoms with Crippen LogP contribution in [0.15, 0.2) is 42.5 Å². The van der Waals surface area contributed by atoms with E-state index in [0.717, 1.165) is 29.8 Å². The van der Waals surface area contributed by atoms with E-state index in [2.05, 4.69) is 5.32 Å². The summed E-state index contributed by atoms with van der Waals surface area (Å²) in [6.45, 7) is 0.625. The number of halogens is 1. The largest absolute Gasteiger partial charge is 0.489 e. The summed E-state index contributed by atoms with van der Waals surface area (Å²) in [6.07, 6.45) is 1.48. The van der Waals surface area contributed by atoms with Gasteiger partial charge in [-0.15, -0.1) is 12.4 Å². The average molecular weight is 363 g/mol. The van der Waals surface area contributed by atoms with Gasteiger partial charge in [-0.1, -0.05) is 12.1 Å². The molecule has 0 bridgehead atoms. The molecule has 2 aliphatic rings. The van der Waals surface area contributed by atoms with Crippen LogP contribution in [0.1, 0.15) is 18.4 Å². The maximum absolute atomic E-state index is 12.0. The molecular weight excluding hydrogens is 344 g/mol. The van der Waals surface area contributed by atoms with Gasteiger partial charge in [0.05, 0.1) is 5.54 Å². The minimum absolute atomic E-state index is 0. The van der Waals surface area contributed by atoms with Crippen LogP contribution in [-0.4, -0.2) is 18.2 Å². The van der Waals surface area contributed by atoms with Gasteiger partial charge in [0.1, 0.15) is 12.4 Å². The van der Waals surface area contributed by atoms with E-state index in [0.29, 0.717) is 18.1 Å². The highest BCUT2D eigenvalue weighted by molar-refractivity contribution is 6.00. The summed E-state index contributed by atoms with van der Waals surface area (Å²) in [7, 11) is 0. The molecule has 1 heterocycles. The SMILES string of the molecule is Cl.NC1(C(=O)Nc2cccc(COc3ccc4c(c3)OCO4)c2)CC1. The number of rotatable bonds is 5. The number of carbonyl (C=O) groups excluding carboxylic acids is 1. The second-order valence-electron chi connectivity index (χ2n) is 6.11. The highest BCUT2D eigenvalue weighted by Crippen LogP contribution is 2.35. The molecule has 7 heteroatoms. The number of nitrogens with two attached hydrogens (primary N) is 1. The molecule has 132 valence electrons. The van der Waals surface area contributed by atoms with Gasteiger partial charge < -0.3 is 25.3 Å². The third-order valence-electron chi connectivity index (χ3n) is 4.18. The molecule has 1 fully saturated rings. The summed E-state index contributed by atoms with van der Waals surface area (Å²) in [4.78, 5) is 12.0. The van der Waals surface area contributed by atoms with E-state index >= 15 is 0 Å². The summed E-state index contributed by atoms with van der Waals surface area (Å²) >= 11 is 0. The highest BCUT2D eigenvalue weighted by Gasteiger charge is 2.45. The monoisotopic (exact) mass is 362 g/mol. The highest BCUT2D eigenvalue weighted by atomic mass is 35.5. The number of fused-ring (bicyclic) bond motifs is 1. The molecule has 4 rings (SSSR count). The van der Waals surface area contributed by atoms with Crippen LogP contribution in [0.4, 0.5) is 5.69 Å². The van der Waals surface area contributed by atoms with E-state index in [-0.39, 0.29) is 25.1 Å². The van der Waals surface area contributed by atoms with E-state index < -0.39 is 5.54 Å². The van der Waals surface area contributed by atoms with Crippen molar-refractivity contribution in [2.24, 2.45) is 5.73 Å². The Hall–Kier alpha value is -2.44. The summed E-state index contributed by atoms with van der Waals surface area (Å²) in [5.41, 5.74) is 6.89. The van der Waals surface area contributed by atoms with Gasteiger partial charge in [0.25, 0.3) is 0 Å². The zero-order valence-electron chi connectivity index (χ0n) is 13.5. The average Bonchev–Trinajstić information content (AvgIpc) is 3.18. The molecule has 0 spiro atoms. The Labute approximate surface area is 151 Å².